The molecule has 0 atom stereocenters. The molecule has 11 heavy (non-hydrogen) atoms. The molecule has 0 aliphatic heterocycles. The number of carbonyl (C=O) groups excluding carboxylic acids is 1. The van der Waals surface area contributed by atoms with E-state index < -0.39 is 0 Å². The van der Waals surface area contributed by atoms with Gasteiger partial charge in [-0.05, 0) is 11.3 Å². The molecule has 0 rings (SSSR count). The highest BCUT2D eigenvalue weighted by molar-refractivity contribution is 8.93. The predicted molar refractivity (Wildman–Crippen MR) is 58.4 cm³/mol. The molecule has 0 saturated carbocycles. The maximum atomic E-state index is 10.2. The van der Waals surface area contributed by atoms with Gasteiger partial charge < -0.3 is 4.79 Å². The lowest BCUT2D eigenvalue weighted by molar-refractivity contribution is -0.105. The third-order valence-corrected chi connectivity index (χ3v) is 4.84. The van der Waals surface area contributed by atoms with Gasteiger partial charge in [0.15, 0.2) is 0 Å². The Balaban J connectivity index is 0. The van der Waals surface area contributed by atoms with Crippen LogP contribution in [-0.2, 0) is 4.79 Å². The van der Waals surface area contributed by atoms with E-state index >= 15 is 0 Å². The van der Waals surface area contributed by atoms with Gasteiger partial charge in [0.2, 0.25) is 0 Å². The first-order chi connectivity index (χ1) is 4.59. The van der Waals surface area contributed by atoms with E-state index in [1.807, 2.05) is 0 Å². The Morgan fingerprint density at radius 3 is 1.64 bits per heavy atom. The lowest BCUT2D eigenvalue weighted by Crippen LogP contribution is -2.06. The number of carbonyl (C=O) groups is 1. The third-order valence-electron chi connectivity index (χ3n) is 1.61. The summed E-state index contributed by atoms with van der Waals surface area (Å²) in [6.07, 6.45) is 1.84. The molecule has 0 amide bonds. The molecule has 0 fully saturated rings. The minimum Gasteiger partial charge on any atom is -0.303 e. The fourth-order valence-electron chi connectivity index (χ4n) is 1.10. The van der Waals surface area contributed by atoms with Crippen LogP contribution in [0.1, 0.15) is 27.7 Å². The maximum Gasteiger partial charge on any atom is 0.124 e. The Bertz CT molecular complexity index is 96.3. The number of rotatable bonds is 4. The summed E-state index contributed by atoms with van der Waals surface area (Å²) in [6, 6.07) is 0. The van der Waals surface area contributed by atoms with Gasteiger partial charge in [-0.15, -0.1) is 17.0 Å². The summed E-state index contributed by atoms with van der Waals surface area (Å²) < 4.78 is 0. The highest BCUT2D eigenvalue weighted by Crippen LogP contribution is 2.44. The van der Waals surface area contributed by atoms with Crippen molar-refractivity contribution in [1.29, 1.82) is 0 Å². The first-order valence-electron chi connectivity index (χ1n) is 3.79. The molecule has 0 aromatic carbocycles. The first-order valence-corrected chi connectivity index (χ1v) is 5.45. The zero-order valence-corrected chi connectivity index (χ0v) is 10.3. The SMILES string of the molecule is Br.CC(C)P(CC=O)C(C)C. The van der Waals surface area contributed by atoms with Crippen LogP contribution in [0.2, 0.25) is 0 Å². The van der Waals surface area contributed by atoms with Gasteiger partial charge >= 0.3 is 0 Å². The van der Waals surface area contributed by atoms with Crippen LogP contribution < -0.4 is 0 Å². The standard InChI is InChI=1S/C8H17OP.BrH/c1-7(2)10(6-5-9)8(3)4;/h5,7-8H,6H2,1-4H3;1H. The van der Waals surface area contributed by atoms with Crippen molar-refractivity contribution in [3.05, 3.63) is 0 Å². The minimum atomic E-state index is -0.0468. The molecule has 0 aliphatic rings. The number of halogens is 1. The van der Waals surface area contributed by atoms with Gasteiger partial charge in [-0.2, -0.15) is 0 Å². The molecule has 0 radical (unpaired) electrons. The molecule has 1 nitrogen and oxygen atoms in total. The van der Waals surface area contributed by atoms with Gasteiger partial charge in [0.05, 0.1) is 0 Å². The molecule has 3 heteroatoms. The van der Waals surface area contributed by atoms with E-state index in [0.717, 1.165) is 12.4 Å². The zero-order valence-electron chi connectivity index (χ0n) is 7.70. The average Bonchev–Trinajstić information content (AvgIpc) is 1.81. The van der Waals surface area contributed by atoms with Gasteiger partial charge in [-0.1, -0.05) is 35.6 Å². The van der Waals surface area contributed by atoms with Crippen LogP contribution in [0.5, 0.6) is 0 Å². The van der Waals surface area contributed by atoms with E-state index in [1.54, 1.807) is 0 Å². The van der Waals surface area contributed by atoms with Crippen LogP contribution in [-0.4, -0.2) is 23.8 Å². The summed E-state index contributed by atoms with van der Waals surface area (Å²) in [4.78, 5) is 10.2. The molecular formula is C8H18BrOP. The Morgan fingerprint density at radius 2 is 1.55 bits per heavy atom. The topological polar surface area (TPSA) is 17.1 Å². The van der Waals surface area contributed by atoms with Crippen LogP contribution in [0, 0.1) is 0 Å². The highest BCUT2D eigenvalue weighted by Gasteiger charge is 2.14. The lowest BCUT2D eigenvalue weighted by Gasteiger charge is -2.22. The average molecular weight is 241 g/mol. The molecule has 0 aromatic rings. The Hall–Kier alpha value is 0.580. The molecule has 0 spiro atoms. The normalized spacial score (nSPS) is 10.5. The number of aldehydes is 1. The predicted octanol–water partition coefficient (Wildman–Crippen LogP) is 3.06. The fourth-order valence-corrected chi connectivity index (χ4v) is 3.31. The van der Waals surface area contributed by atoms with Gasteiger partial charge in [0.25, 0.3) is 0 Å². The van der Waals surface area contributed by atoms with Gasteiger partial charge in [0, 0.05) is 6.16 Å². The molecule has 0 saturated heterocycles. The van der Waals surface area contributed by atoms with Crippen LogP contribution in [0.25, 0.3) is 0 Å². The molecule has 0 bridgehead atoms. The monoisotopic (exact) mass is 240 g/mol. The van der Waals surface area contributed by atoms with Crippen molar-refractivity contribution in [2.45, 2.75) is 39.0 Å². The van der Waals surface area contributed by atoms with E-state index in [0.29, 0.717) is 11.3 Å². The van der Waals surface area contributed by atoms with E-state index in [-0.39, 0.29) is 24.9 Å². The second kappa shape index (κ2) is 7.24. The summed E-state index contributed by atoms with van der Waals surface area (Å²) in [7, 11) is -0.0468. The largest absolute Gasteiger partial charge is 0.303 e. The Labute approximate surface area is 81.5 Å². The zero-order chi connectivity index (χ0) is 8.15. The van der Waals surface area contributed by atoms with Crippen molar-refractivity contribution in [2.75, 3.05) is 6.16 Å². The molecular weight excluding hydrogens is 223 g/mol. The van der Waals surface area contributed by atoms with Crippen molar-refractivity contribution < 1.29 is 4.79 Å². The summed E-state index contributed by atoms with van der Waals surface area (Å²) >= 11 is 0. The van der Waals surface area contributed by atoms with E-state index in [4.69, 9.17) is 0 Å². The Morgan fingerprint density at radius 1 is 1.18 bits per heavy atom. The quantitative estimate of drug-likeness (QED) is 0.546. The van der Waals surface area contributed by atoms with Crippen molar-refractivity contribution in [3.63, 3.8) is 0 Å². The van der Waals surface area contributed by atoms with Crippen molar-refractivity contribution in [2.24, 2.45) is 0 Å². The fraction of sp³-hybridized carbons (Fsp3) is 0.875. The van der Waals surface area contributed by atoms with E-state index in [9.17, 15) is 4.79 Å². The van der Waals surface area contributed by atoms with Gasteiger partial charge in [0.1, 0.15) is 6.29 Å². The molecule has 0 aliphatic carbocycles. The van der Waals surface area contributed by atoms with Crippen LogP contribution in [0.15, 0.2) is 0 Å². The van der Waals surface area contributed by atoms with E-state index in [1.165, 1.54) is 0 Å². The summed E-state index contributed by atoms with van der Waals surface area (Å²) in [5.74, 6) is 0. The molecule has 0 heterocycles. The van der Waals surface area contributed by atoms with E-state index in [2.05, 4.69) is 27.7 Å². The van der Waals surface area contributed by atoms with Crippen molar-refractivity contribution in [3.8, 4) is 0 Å². The first kappa shape index (κ1) is 14.1. The molecule has 0 N–H and O–H groups in total. The maximum absolute atomic E-state index is 10.2. The number of hydrogen-bond acceptors (Lipinski definition) is 1. The molecule has 68 valence electrons. The minimum absolute atomic E-state index is 0. The summed E-state index contributed by atoms with van der Waals surface area (Å²) in [5.41, 5.74) is 1.39. The second-order valence-corrected chi connectivity index (χ2v) is 6.51. The van der Waals surface area contributed by atoms with Gasteiger partial charge in [-0.3, -0.25) is 0 Å². The lowest BCUT2D eigenvalue weighted by atomic mass is 10.5. The van der Waals surface area contributed by atoms with Crippen LogP contribution in [0.4, 0.5) is 0 Å². The number of hydrogen-bond donors (Lipinski definition) is 0. The third kappa shape index (κ3) is 5.81. The molecule has 0 unspecified atom stereocenters. The van der Waals surface area contributed by atoms with Gasteiger partial charge in [-0.25, -0.2) is 0 Å². The Kier molecular flexibility index (Phi) is 9.30. The summed E-state index contributed by atoms with van der Waals surface area (Å²) in [5, 5.41) is 0. The van der Waals surface area contributed by atoms with Crippen LogP contribution in [0.3, 0.4) is 0 Å². The van der Waals surface area contributed by atoms with Crippen molar-refractivity contribution >= 4 is 31.2 Å². The highest BCUT2D eigenvalue weighted by atomic mass is 79.9. The van der Waals surface area contributed by atoms with Crippen molar-refractivity contribution in [1.82, 2.24) is 0 Å². The summed E-state index contributed by atoms with van der Waals surface area (Å²) in [6.45, 7) is 8.81. The second-order valence-electron chi connectivity index (χ2n) is 3.05. The smallest absolute Gasteiger partial charge is 0.124 e. The molecule has 0 aromatic heterocycles. The van der Waals surface area contributed by atoms with Crippen LogP contribution >= 0.6 is 24.9 Å².